The zero-order valence-corrected chi connectivity index (χ0v) is 22.1. The first-order chi connectivity index (χ1) is 17.0. The molecule has 13 heteroatoms. The number of amides is 4. The molecule has 2 aliphatic carbocycles. The maximum Gasteiger partial charge on any atom is 0.257 e. The Balaban J connectivity index is 1.79. The molecule has 36 heavy (non-hydrogen) atoms. The van der Waals surface area contributed by atoms with E-state index in [0.717, 1.165) is 4.90 Å². The van der Waals surface area contributed by atoms with Crippen molar-refractivity contribution in [2.45, 2.75) is 28.5 Å². The molecular formula is C23H21BrCl2N2O8. The third-order valence-electron chi connectivity index (χ3n) is 7.83. The molecule has 3 fully saturated rings. The van der Waals surface area contributed by atoms with Crippen molar-refractivity contribution in [2.24, 2.45) is 17.8 Å². The Morgan fingerprint density at radius 3 is 2.22 bits per heavy atom. The summed E-state index contributed by atoms with van der Waals surface area (Å²) in [4.78, 5) is 49.6. The molecule has 5 rings (SSSR count). The molecule has 10 nitrogen and oxygen atoms in total. The van der Waals surface area contributed by atoms with Gasteiger partial charge >= 0.3 is 0 Å². The molecule has 4 amide bonds. The highest BCUT2D eigenvalue weighted by Gasteiger charge is 2.76. The van der Waals surface area contributed by atoms with Crippen LogP contribution in [-0.2, 0) is 19.2 Å². The first-order valence-corrected chi connectivity index (χ1v) is 12.9. The molecule has 1 aromatic rings. The third-order valence-corrected chi connectivity index (χ3v) is 9.74. The average Bonchev–Trinajstić information content (AvgIpc) is 3.17. The second-order valence-corrected chi connectivity index (χ2v) is 11.0. The molecule has 4 aliphatic rings. The Hall–Kier alpha value is -2.34. The van der Waals surface area contributed by atoms with Crippen LogP contribution in [0.25, 0.3) is 0 Å². The number of phenolic OH excluding ortho intramolecular Hbond substituents is 1. The van der Waals surface area contributed by atoms with E-state index in [4.69, 9.17) is 32.7 Å². The third kappa shape index (κ3) is 2.94. The number of ether oxygens (including phenoxy) is 2. The standard InChI is InChI=1S/C23H21BrCl2N2O8/c1-35-13-5-9(6-14(36-2)17(13)29)16-10-3-4-11-15(19(31)28(34)18(11)30)12(10)7-22(25)20(32)27(8-24)21(33)23(16,22)26/h3,5-6,11-12,15-16,29,34H,4,7-8H2,1-2H3. The van der Waals surface area contributed by atoms with Gasteiger partial charge in [-0.25, -0.2) is 0 Å². The van der Waals surface area contributed by atoms with E-state index in [0.29, 0.717) is 11.1 Å². The maximum absolute atomic E-state index is 13.7. The van der Waals surface area contributed by atoms with Crippen LogP contribution in [0.15, 0.2) is 23.8 Å². The number of rotatable bonds is 4. The fraction of sp³-hybridized carbons (Fsp3) is 0.478. The summed E-state index contributed by atoms with van der Waals surface area (Å²) in [6.45, 7) is 0. The Morgan fingerprint density at radius 2 is 1.67 bits per heavy atom. The number of hydroxylamine groups is 2. The highest BCUT2D eigenvalue weighted by Crippen LogP contribution is 2.66. The first-order valence-electron chi connectivity index (χ1n) is 11.0. The lowest BCUT2D eigenvalue weighted by atomic mass is 9.56. The maximum atomic E-state index is 13.7. The second kappa shape index (κ2) is 8.34. The largest absolute Gasteiger partial charge is 0.502 e. The fourth-order valence-corrected chi connectivity index (χ4v) is 7.62. The van der Waals surface area contributed by atoms with Gasteiger partial charge in [0.2, 0.25) is 5.75 Å². The summed E-state index contributed by atoms with van der Waals surface area (Å²) in [5.74, 6) is -6.85. The van der Waals surface area contributed by atoms with Crippen molar-refractivity contribution in [2.75, 3.05) is 19.7 Å². The molecule has 0 bridgehead atoms. The molecule has 0 spiro atoms. The van der Waals surface area contributed by atoms with Crippen molar-refractivity contribution in [1.29, 1.82) is 0 Å². The summed E-state index contributed by atoms with van der Waals surface area (Å²) in [5.41, 5.74) is 0.734. The van der Waals surface area contributed by atoms with Gasteiger partial charge in [-0.05, 0) is 36.5 Å². The minimum absolute atomic E-state index is 0.0315. The van der Waals surface area contributed by atoms with Crippen LogP contribution >= 0.6 is 39.1 Å². The zero-order valence-electron chi connectivity index (χ0n) is 19.0. The molecule has 192 valence electrons. The van der Waals surface area contributed by atoms with Crippen LogP contribution in [0.2, 0.25) is 0 Å². The number of hydrogen-bond acceptors (Lipinski definition) is 8. The van der Waals surface area contributed by atoms with Gasteiger partial charge in [0.1, 0.15) is 0 Å². The van der Waals surface area contributed by atoms with Crippen molar-refractivity contribution in [1.82, 2.24) is 9.96 Å². The lowest BCUT2D eigenvalue weighted by molar-refractivity contribution is -0.173. The predicted molar refractivity (Wildman–Crippen MR) is 128 cm³/mol. The normalized spacial score (nSPS) is 35.4. The topological polar surface area (TPSA) is 134 Å². The number of allylic oxidation sites excluding steroid dienone is 2. The van der Waals surface area contributed by atoms with E-state index in [2.05, 4.69) is 15.9 Å². The van der Waals surface area contributed by atoms with Crippen LogP contribution in [0.3, 0.4) is 0 Å². The van der Waals surface area contributed by atoms with E-state index < -0.39 is 57.0 Å². The van der Waals surface area contributed by atoms with Crippen molar-refractivity contribution < 1.29 is 39.0 Å². The van der Waals surface area contributed by atoms with Gasteiger partial charge in [0, 0.05) is 5.92 Å². The lowest BCUT2D eigenvalue weighted by Gasteiger charge is -2.50. The predicted octanol–water partition coefficient (Wildman–Crippen LogP) is 2.51. The summed E-state index contributed by atoms with van der Waals surface area (Å²) in [6, 6.07) is 2.93. The van der Waals surface area contributed by atoms with Crippen LogP contribution in [0.4, 0.5) is 0 Å². The number of hydrogen-bond donors (Lipinski definition) is 2. The minimum atomic E-state index is -2.01. The number of halogens is 3. The Morgan fingerprint density at radius 1 is 1.06 bits per heavy atom. The summed E-state index contributed by atoms with van der Waals surface area (Å²) in [7, 11) is 2.67. The van der Waals surface area contributed by atoms with Gasteiger partial charge in [-0.15, -0.1) is 23.2 Å². The number of aromatic hydroxyl groups is 1. The average molecular weight is 604 g/mol. The number of nitrogens with zero attached hydrogens (tertiary/aromatic N) is 2. The number of methoxy groups -OCH3 is 2. The summed E-state index contributed by atoms with van der Waals surface area (Å²) in [5, 5.41) is 20.6. The number of likely N-dealkylation sites (tertiary alicyclic amines) is 1. The molecule has 2 heterocycles. The molecule has 2 N–H and O–H groups in total. The molecule has 6 unspecified atom stereocenters. The SMILES string of the molecule is COc1cc(C2C3=CCC4C(=O)N(O)C(=O)C4C3CC3(Cl)C(=O)N(CBr)C(=O)C23Cl)cc(OC)c1O. The molecule has 6 atom stereocenters. The van der Waals surface area contributed by atoms with Crippen molar-refractivity contribution >= 4 is 62.8 Å². The first kappa shape index (κ1) is 25.3. The molecule has 1 aromatic carbocycles. The Labute approximate surface area is 223 Å². The van der Waals surface area contributed by atoms with Gasteiger partial charge in [-0.1, -0.05) is 27.6 Å². The molecule has 2 aliphatic heterocycles. The number of carbonyl (C=O) groups excluding carboxylic acids is 4. The van der Waals surface area contributed by atoms with Crippen LogP contribution in [0.1, 0.15) is 24.3 Å². The number of carbonyl (C=O) groups is 4. The van der Waals surface area contributed by atoms with E-state index >= 15 is 0 Å². The van der Waals surface area contributed by atoms with E-state index in [1.165, 1.54) is 26.4 Å². The number of alkyl halides is 3. The number of phenols is 1. The van der Waals surface area contributed by atoms with Gasteiger partial charge in [0.25, 0.3) is 23.6 Å². The minimum Gasteiger partial charge on any atom is -0.502 e. The van der Waals surface area contributed by atoms with E-state index in [9.17, 15) is 29.5 Å². The van der Waals surface area contributed by atoms with Gasteiger partial charge in [-0.2, -0.15) is 5.06 Å². The van der Waals surface area contributed by atoms with Crippen molar-refractivity contribution in [3.8, 4) is 17.2 Å². The van der Waals surface area contributed by atoms with Crippen LogP contribution in [0, 0.1) is 17.8 Å². The van der Waals surface area contributed by atoms with E-state index in [1.54, 1.807) is 6.08 Å². The van der Waals surface area contributed by atoms with E-state index in [-0.39, 0.29) is 40.6 Å². The van der Waals surface area contributed by atoms with Gasteiger partial charge < -0.3 is 14.6 Å². The Bertz CT molecular complexity index is 1230. The monoisotopic (exact) mass is 602 g/mol. The van der Waals surface area contributed by atoms with Gasteiger partial charge in [0.05, 0.1) is 31.5 Å². The van der Waals surface area contributed by atoms with Crippen LogP contribution < -0.4 is 9.47 Å². The molecule has 2 saturated heterocycles. The molecule has 0 radical (unpaired) electrons. The van der Waals surface area contributed by atoms with Gasteiger partial charge in [0.15, 0.2) is 21.2 Å². The second-order valence-electron chi connectivity index (χ2n) is 9.25. The molecular weight excluding hydrogens is 583 g/mol. The fourth-order valence-electron chi connectivity index (χ4n) is 6.19. The lowest BCUT2D eigenvalue weighted by Crippen LogP contribution is -2.60. The van der Waals surface area contributed by atoms with Crippen molar-refractivity contribution in [3.63, 3.8) is 0 Å². The summed E-state index contributed by atoms with van der Waals surface area (Å²) >= 11 is 17.3. The highest BCUT2D eigenvalue weighted by atomic mass is 79.9. The summed E-state index contributed by atoms with van der Waals surface area (Å²) in [6.07, 6.45) is 1.64. The number of imide groups is 2. The number of benzene rings is 1. The molecule has 1 saturated carbocycles. The van der Waals surface area contributed by atoms with Crippen LogP contribution in [0.5, 0.6) is 17.2 Å². The Kier molecular flexibility index (Phi) is 5.86. The van der Waals surface area contributed by atoms with Crippen molar-refractivity contribution in [3.05, 3.63) is 29.3 Å². The van der Waals surface area contributed by atoms with Crippen LogP contribution in [-0.4, -0.2) is 73.3 Å². The zero-order chi connectivity index (χ0) is 26.3. The van der Waals surface area contributed by atoms with E-state index in [1.807, 2.05) is 0 Å². The smallest absolute Gasteiger partial charge is 0.257 e. The quantitative estimate of drug-likeness (QED) is 0.176. The highest BCUT2D eigenvalue weighted by molar-refractivity contribution is 9.09. The number of fused-ring (bicyclic) bond motifs is 4. The van der Waals surface area contributed by atoms with Gasteiger partial charge in [-0.3, -0.25) is 29.3 Å². The summed E-state index contributed by atoms with van der Waals surface area (Å²) < 4.78 is 10.6. The molecule has 0 aromatic heterocycles.